The molecule has 0 aliphatic carbocycles. The molecule has 21 N–H and O–H groups in total. The molecule has 0 fully saturated rings. The van der Waals surface area contributed by atoms with Gasteiger partial charge in [-0.15, -0.1) is 0 Å². The number of hydrogen-bond acceptors (Lipinski definition) is 15. The maximum absolute atomic E-state index is 9.65. The lowest BCUT2D eigenvalue weighted by molar-refractivity contribution is -0.140. The maximum Gasteiger partial charge on any atom is 0.322 e. The Morgan fingerprint density at radius 1 is 0.444 bits per heavy atom. The summed E-state index contributed by atoms with van der Waals surface area (Å²) in [5.74, 6) is -6.44. The summed E-state index contributed by atoms with van der Waals surface area (Å²) in [7, 11) is 0. The van der Waals surface area contributed by atoms with Crippen LogP contribution in [-0.4, -0.2) is 139 Å². The molecule has 0 bridgehead atoms. The van der Waals surface area contributed by atoms with Gasteiger partial charge in [-0.25, -0.2) is 0 Å². The third-order valence-corrected chi connectivity index (χ3v) is 2.07. The zero-order valence-electron chi connectivity index (χ0n) is 18.9. The highest BCUT2D eigenvalue weighted by molar-refractivity contribution is 5.73. The number of carboxylic acid groups (broad SMARTS) is 6. The number of rotatable bonds is 9. The molecule has 0 aromatic rings. The van der Waals surface area contributed by atoms with Gasteiger partial charge in [0.25, 0.3) is 0 Å². The van der Waals surface area contributed by atoms with Crippen molar-refractivity contribution in [3.8, 4) is 0 Å². The number of hydrogen-bond donors (Lipinski definition) is 15. The van der Waals surface area contributed by atoms with E-state index in [4.69, 9.17) is 63.2 Å². The van der Waals surface area contributed by atoms with Gasteiger partial charge in [-0.05, 0) is 0 Å². The lowest BCUT2D eigenvalue weighted by Crippen LogP contribution is -2.33. The van der Waals surface area contributed by atoms with Gasteiger partial charge in [0.05, 0.1) is 39.5 Å². The average molecular weight is 540 g/mol. The number of aliphatic hydroxyl groups excluding tert-OH is 3. The van der Waals surface area contributed by atoms with Gasteiger partial charge >= 0.3 is 35.8 Å². The van der Waals surface area contributed by atoms with Crippen LogP contribution in [0.5, 0.6) is 0 Å². The number of nitrogens with two attached hydrogens (primary N) is 6. The second-order valence-electron chi connectivity index (χ2n) is 5.18. The standard InChI is InChI=1S/3C3H7NO3.3C2H5NO2/c3*4-2(1-5)3(6)7;3*3-1-2(4)5/h3*2,5H,1,4H2,(H,6,7);3*1,3H2,(H,4,5). The molecule has 3 atom stereocenters. The van der Waals surface area contributed by atoms with Gasteiger partial charge in [-0.3, -0.25) is 28.8 Å². The highest BCUT2D eigenvalue weighted by atomic mass is 16.4. The Labute approximate surface area is 203 Å². The van der Waals surface area contributed by atoms with Gasteiger partial charge < -0.3 is 80.4 Å². The van der Waals surface area contributed by atoms with Crippen LogP contribution in [0.1, 0.15) is 0 Å². The van der Waals surface area contributed by atoms with E-state index in [1.807, 2.05) is 0 Å². The summed E-state index contributed by atoms with van der Waals surface area (Å²) in [4.78, 5) is 56.7. The quantitative estimate of drug-likeness (QED) is 0.129. The molecular weight excluding hydrogens is 504 g/mol. The summed E-state index contributed by atoms with van der Waals surface area (Å²) < 4.78 is 0. The van der Waals surface area contributed by atoms with E-state index < -0.39 is 73.8 Å². The molecule has 0 aromatic heterocycles. The van der Waals surface area contributed by atoms with E-state index in [2.05, 4.69) is 17.2 Å². The summed E-state index contributed by atoms with van der Waals surface area (Å²) in [6.07, 6.45) is 0. The molecule has 0 radical (unpaired) electrons. The lowest BCUT2D eigenvalue weighted by Gasteiger charge is -1.96. The first-order valence-corrected chi connectivity index (χ1v) is 8.89. The molecule has 0 heterocycles. The minimum Gasteiger partial charge on any atom is -0.480 e. The van der Waals surface area contributed by atoms with Gasteiger partial charge in [-0.2, -0.15) is 0 Å². The molecule has 216 valence electrons. The highest BCUT2D eigenvalue weighted by Gasteiger charge is 2.08. The van der Waals surface area contributed by atoms with E-state index in [1.54, 1.807) is 0 Å². The third-order valence-electron chi connectivity index (χ3n) is 2.07. The largest absolute Gasteiger partial charge is 0.480 e. The van der Waals surface area contributed by atoms with Crippen LogP contribution in [0.15, 0.2) is 0 Å². The number of carboxylic acids is 6. The summed E-state index contributed by atoms with van der Waals surface area (Å²) in [5.41, 5.74) is 28.0. The van der Waals surface area contributed by atoms with Crippen molar-refractivity contribution in [1.29, 1.82) is 0 Å². The smallest absolute Gasteiger partial charge is 0.322 e. The van der Waals surface area contributed by atoms with Crippen LogP contribution in [0.2, 0.25) is 0 Å². The Morgan fingerprint density at radius 3 is 0.556 bits per heavy atom. The van der Waals surface area contributed by atoms with Gasteiger partial charge in [0, 0.05) is 0 Å². The van der Waals surface area contributed by atoms with Crippen molar-refractivity contribution in [2.24, 2.45) is 34.4 Å². The van der Waals surface area contributed by atoms with Gasteiger partial charge in [0.2, 0.25) is 0 Å². The number of aliphatic carboxylic acids is 6. The number of carbonyl (C=O) groups is 6. The molecule has 0 spiro atoms. The molecule has 21 nitrogen and oxygen atoms in total. The molecular formula is C15H36N6O15. The molecule has 0 saturated heterocycles. The van der Waals surface area contributed by atoms with Crippen molar-refractivity contribution in [3.05, 3.63) is 0 Å². The Hall–Kier alpha value is -3.54. The maximum atomic E-state index is 9.65. The molecule has 0 amide bonds. The first-order valence-electron chi connectivity index (χ1n) is 8.89. The zero-order chi connectivity index (χ0) is 30.4. The molecule has 0 aromatic carbocycles. The molecule has 0 aliphatic heterocycles. The Morgan fingerprint density at radius 2 is 0.556 bits per heavy atom. The highest BCUT2D eigenvalue weighted by Crippen LogP contribution is 1.72. The van der Waals surface area contributed by atoms with E-state index in [1.165, 1.54) is 0 Å². The fraction of sp³-hybridized carbons (Fsp3) is 0.600. The van der Waals surface area contributed by atoms with Crippen LogP contribution in [0.25, 0.3) is 0 Å². The summed E-state index contributed by atoms with van der Waals surface area (Å²) in [6.45, 7) is -2.35. The predicted molar refractivity (Wildman–Crippen MR) is 118 cm³/mol. The average Bonchev–Trinajstić information content (AvgIpc) is 2.83. The van der Waals surface area contributed by atoms with Crippen LogP contribution >= 0.6 is 0 Å². The molecule has 0 rings (SSSR count). The van der Waals surface area contributed by atoms with Crippen molar-refractivity contribution >= 4 is 35.8 Å². The first-order chi connectivity index (χ1) is 16.4. The SMILES string of the molecule is NC(CO)C(=O)O.NC(CO)C(=O)O.NC(CO)C(=O)O.NCC(=O)O.NCC(=O)O.NCC(=O)O. The fourth-order valence-corrected chi connectivity index (χ4v) is 0.234. The predicted octanol–water partition coefficient (Wildman–Crippen LogP) is -7.74. The molecule has 21 heteroatoms. The van der Waals surface area contributed by atoms with Crippen LogP contribution in [0.4, 0.5) is 0 Å². The summed E-state index contributed by atoms with van der Waals surface area (Å²) >= 11 is 0. The minimum absolute atomic E-state index is 0.278. The lowest BCUT2D eigenvalue weighted by atomic mass is 10.3. The number of aliphatic hydroxyl groups is 3. The first kappa shape index (κ1) is 45.9. The zero-order valence-corrected chi connectivity index (χ0v) is 18.9. The van der Waals surface area contributed by atoms with Crippen LogP contribution in [-0.2, 0) is 28.8 Å². The van der Waals surface area contributed by atoms with Gasteiger partial charge in [0.1, 0.15) is 18.1 Å². The molecule has 0 saturated carbocycles. The van der Waals surface area contributed by atoms with E-state index in [9.17, 15) is 28.8 Å². The normalized spacial score (nSPS) is 10.9. The second kappa shape index (κ2) is 33.6. The molecule has 36 heavy (non-hydrogen) atoms. The van der Waals surface area contributed by atoms with Crippen LogP contribution < -0.4 is 34.4 Å². The topological polar surface area (TPSA) is 441 Å². The monoisotopic (exact) mass is 540 g/mol. The van der Waals surface area contributed by atoms with Crippen LogP contribution in [0, 0.1) is 0 Å². The van der Waals surface area contributed by atoms with Crippen molar-refractivity contribution in [2.75, 3.05) is 39.5 Å². The van der Waals surface area contributed by atoms with E-state index >= 15 is 0 Å². The second-order valence-corrected chi connectivity index (χ2v) is 5.18. The fourth-order valence-electron chi connectivity index (χ4n) is 0.234. The molecule has 3 unspecified atom stereocenters. The van der Waals surface area contributed by atoms with Gasteiger partial charge in [-0.1, -0.05) is 0 Å². The Balaban J connectivity index is -0.0000000756. The third kappa shape index (κ3) is 63.2. The van der Waals surface area contributed by atoms with E-state index in [0.29, 0.717) is 0 Å². The van der Waals surface area contributed by atoms with Gasteiger partial charge in [0.15, 0.2) is 0 Å². The summed E-state index contributed by atoms with van der Waals surface area (Å²) in [5, 5.41) is 70.5. The van der Waals surface area contributed by atoms with Crippen molar-refractivity contribution in [1.82, 2.24) is 0 Å². The van der Waals surface area contributed by atoms with E-state index in [-0.39, 0.29) is 19.6 Å². The van der Waals surface area contributed by atoms with Crippen molar-refractivity contribution in [3.63, 3.8) is 0 Å². The van der Waals surface area contributed by atoms with Crippen molar-refractivity contribution in [2.45, 2.75) is 18.1 Å². The minimum atomic E-state index is -1.18. The van der Waals surface area contributed by atoms with E-state index in [0.717, 1.165) is 0 Å². The van der Waals surface area contributed by atoms with Crippen LogP contribution in [0.3, 0.4) is 0 Å². The summed E-state index contributed by atoms with van der Waals surface area (Å²) in [6, 6.07) is -3.38. The Kier molecular flexibility index (Phi) is 42.9. The molecule has 0 aliphatic rings. The Bertz CT molecular complexity index is 527. The van der Waals surface area contributed by atoms with Crippen molar-refractivity contribution < 1.29 is 74.7 Å².